The van der Waals surface area contributed by atoms with Crippen molar-refractivity contribution in [2.24, 2.45) is 0 Å². The number of aromatic nitrogens is 6. The molecule has 3 heterocycles. The summed E-state index contributed by atoms with van der Waals surface area (Å²) in [6.07, 6.45) is 6.11. The number of halogens is 2. The quantitative estimate of drug-likeness (QED) is 0.244. The summed E-state index contributed by atoms with van der Waals surface area (Å²) in [6.45, 7) is 9.94. The second-order valence-corrected chi connectivity index (χ2v) is 7.77. The molecule has 0 saturated heterocycles. The van der Waals surface area contributed by atoms with E-state index in [4.69, 9.17) is 4.74 Å². The number of allylic oxidation sites excluding steroid dienone is 3. The molecule has 34 heavy (non-hydrogen) atoms. The van der Waals surface area contributed by atoms with Crippen molar-refractivity contribution in [1.29, 1.82) is 0 Å². The zero-order valence-corrected chi connectivity index (χ0v) is 19.7. The fourth-order valence-electron chi connectivity index (χ4n) is 3.04. The number of unbranched alkanes of at least 4 members (excludes halogenated alkanes) is 1. The molecule has 0 aliphatic rings. The Morgan fingerprint density at radius 1 is 1.18 bits per heavy atom. The van der Waals surface area contributed by atoms with Crippen LogP contribution in [0.4, 0.5) is 8.78 Å². The molecule has 3 aromatic rings. The molecule has 0 amide bonds. The molecule has 0 aromatic carbocycles. The van der Waals surface area contributed by atoms with Crippen LogP contribution in [-0.2, 0) is 11.3 Å². The van der Waals surface area contributed by atoms with Crippen LogP contribution in [0.5, 0.6) is 0 Å². The minimum absolute atomic E-state index is 0.147. The molecule has 10 heteroatoms. The number of hydrogen-bond donors (Lipinski definition) is 0. The van der Waals surface area contributed by atoms with Gasteiger partial charge < -0.3 is 0 Å². The first-order valence-corrected chi connectivity index (χ1v) is 11.0. The Morgan fingerprint density at radius 3 is 2.68 bits per heavy atom. The van der Waals surface area contributed by atoms with E-state index in [0.717, 1.165) is 35.9 Å². The van der Waals surface area contributed by atoms with Crippen LogP contribution in [0.2, 0.25) is 0 Å². The van der Waals surface area contributed by atoms with E-state index in [1.54, 1.807) is 6.20 Å². The molecule has 3 rings (SSSR count). The van der Waals surface area contributed by atoms with E-state index < -0.39 is 6.43 Å². The molecule has 0 atom stereocenters. The van der Waals surface area contributed by atoms with Gasteiger partial charge in [-0.05, 0) is 0 Å². The Kier molecular flexibility index (Phi) is 8.89. The van der Waals surface area contributed by atoms with E-state index in [9.17, 15) is 8.78 Å². The van der Waals surface area contributed by atoms with Crippen molar-refractivity contribution in [2.45, 2.75) is 53.6 Å². The third kappa shape index (κ3) is 6.72. The summed E-state index contributed by atoms with van der Waals surface area (Å²) in [4.78, 5) is 4.11. The van der Waals surface area contributed by atoms with Gasteiger partial charge in [-0.15, -0.1) is 0 Å². The summed E-state index contributed by atoms with van der Waals surface area (Å²) in [5, 5.41) is 16.2. The van der Waals surface area contributed by atoms with Gasteiger partial charge >= 0.3 is 198 Å². The second kappa shape index (κ2) is 12.1. The van der Waals surface area contributed by atoms with Crippen LogP contribution < -0.4 is 0 Å². The maximum atomic E-state index is 12.9. The summed E-state index contributed by atoms with van der Waals surface area (Å²) in [6, 6.07) is 4.80. The average Bonchev–Trinajstić information content (AvgIpc) is 3.20. The van der Waals surface area contributed by atoms with Gasteiger partial charge in [-0.3, -0.25) is 0 Å². The second-order valence-electron chi connectivity index (χ2n) is 7.77. The van der Waals surface area contributed by atoms with Gasteiger partial charge in [-0.1, -0.05) is 0 Å². The van der Waals surface area contributed by atoms with Crippen molar-refractivity contribution < 1.29 is 13.5 Å². The molecule has 0 N–H and O–H groups in total. The molecule has 0 aliphatic heterocycles. The van der Waals surface area contributed by atoms with Crippen LogP contribution in [-0.4, -0.2) is 43.1 Å². The van der Waals surface area contributed by atoms with E-state index in [1.807, 2.05) is 45.9 Å². The van der Waals surface area contributed by atoms with Crippen molar-refractivity contribution in [2.75, 3.05) is 0 Å². The number of alkyl halides is 2. The third-order valence-corrected chi connectivity index (χ3v) is 5.04. The average molecular weight is 464 g/mol. The van der Waals surface area contributed by atoms with Gasteiger partial charge in [0.1, 0.15) is 0 Å². The molecule has 0 spiro atoms. The van der Waals surface area contributed by atoms with E-state index in [2.05, 4.69) is 38.4 Å². The van der Waals surface area contributed by atoms with Gasteiger partial charge in [0.05, 0.1) is 0 Å². The molecule has 176 valence electrons. The van der Waals surface area contributed by atoms with Crippen molar-refractivity contribution in [1.82, 2.24) is 30.2 Å². The number of ether oxygens (including phenoxy) is 1. The summed E-state index contributed by atoms with van der Waals surface area (Å²) in [5.74, 6) is 2.45. The zero-order chi connectivity index (χ0) is 24.5. The number of aryl methyl sites for hydroxylation is 2. The molecular weight excluding hydrogens is 437 g/mol. The normalized spacial score (nSPS) is 12.4. The standard InChI is InChI=1S/C24H27BF2N6O/c1-5-6-11-25-22(9-7-16(2)20-12-17(3)30-29-14-20)34-15-21-18(4)31-32-33(21)23-10-8-19(13-28-23)24(26)27/h7-14,24H,5-6,15H2,1-4H3/b16-7+,22-9+. The van der Waals surface area contributed by atoms with Gasteiger partial charge in [-0.25, -0.2) is 0 Å². The minimum atomic E-state index is -2.58. The zero-order valence-electron chi connectivity index (χ0n) is 19.7. The Labute approximate surface area is 198 Å². The van der Waals surface area contributed by atoms with E-state index in [-0.39, 0.29) is 12.2 Å². The van der Waals surface area contributed by atoms with Crippen LogP contribution in [0.1, 0.15) is 61.3 Å². The number of pyridine rings is 1. The molecule has 7 nitrogen and oxygen atoms in total. The molecule has 0 aliphatic carbocycles. The van der Waals surface area contributed by atoms with Crippen LogP contribution in [0, 0.1) is 13.8 Å². The van der Waals surface area contributed by atoms with Crippen LogP contribution in [0.15, 0.2) is 48.4 Å². The monoisotopic (exact) mass is 464 g/mol. The van der Waals surface area contributed by atoms with Gasteiger partial charge in [0, 0.05) is 0 Å². The number of nitrogens with zero attached hydrogens (tertiary/aromatic N) is 6. The molecule has 0 radical (unpaired) electrons. The SMILES string of the molecule is CCC\C=B/C(=C\C=C(/C)c1cnnc(C)c1)OCc1c(C)nnn1-c1ccc(C(F)F)cn1. The predicted molar refractivity (Wildman–Crippen MR) is 129 cm³/mol. The van der Waals surface area contributed by atoms with Gasteiger partial charge in [-0.2, -0.15) is 0 Å². The molecule has 3 aromatic heterocycles. The van der Waals surface area contributed by atoms with Crippen molar-refractivity contribution in [3.63, 3.8) is 0 Å². The summed E-state index contributed by atoms with van der Waals surface area (Å²) in [7, 11) is 0. The summed E-state index contributed by atoms with van der Waals surface area (Å²) < 4.78 is 33.3. The maximum absolute atomic E-state index is 12.9. The van der Waals surface area contributed by atoms with Crippen molar-refractivity contribution >= 4 is 18.5 Å². The van der Waals surface area contributed by atoms with Gasteiger partial charge in [0.25, 0.3) is 0 Å². The first-order valence-electron chi connectivity index (χ1n) is 11.0. The molecule has 0 bridgehead atoms. The molecule has 0 unspecified atom stereocenters. The van der Waals surface area contributed by atoms with Gasteiger partial charge in [0.2, 0.25) is 0 Å². The van der Waals surface area contributed by atoms with Crippen molar-refractivity contribution in [3.05, 3.63) is 76.6 Å². The summed E-state index contributed by atoms with van der Waals surface area (Å²) in [5.41, 5.74) is 4.72. The molecule has 0 saturated carbocycles. The van der Waals surface area contributed by atoms with Crippen LogP contribution in [0.25, 0.3) is 11.4 Å². The number of hydrogen-bond acceptors (Lipinski definition) is 6. The third-order valence-electron chi connectivity index (χ3n) is 5.04. The van der Waals surface area contributed by atoms with Crippen LogP contribution >= 0.6 is 0 Å². The Hall–Kier alpha value is -3.56. The molecule has 0 fully saturated rings. The predicted octanol–water partition coefficient (Wildman–Crippen LogP) is 4.77. The number of rotatable bonds is 10. The molecular formula is C24H27BF2N6O. The first kappa shape index (κ1) is 25.1. The summed E-state index contributed by atoms with van der Waals surface area (Å²) >= 11 is 0. The fourth-order valence-corrected chi connectivity index (χ4v) is 3.04. The fraction of sp³-hybridized carbons (Fsp3) is 0.333. The van der Waals surface area contributed by atoms with E-state index in [0.29, 0.717) is 22.9 Å². The van der Waals surface area contributed by atoms with Gasteiger partial charge in [0.15, 0.2) is 0 Å². The van der Waals surface area contributed by atoms with Crippen LogP contribution in [0.3, 0.4) is 0 Å². The topological polar surface area (TPSA) is 78.6 Å². The Morgan fingerprint density at radius 2 is 2.00 bits per heavy atom. The Bertz CT molecular complexity index is 1190. The Balaban J connectivity index is 1.82. The van der Waals surface area contributed by atoms with E-state index in [1.165, 1.54) is 16.8 Å². The van der Waals surface area contributed by atoms with Crippen molar-refractivity contribution in [3.8, 4) is 5.82 Å². The van der Waals surface area contributed by atoms with E-state index >= 15 is 0 Å². The first-order chi connectivity index (χ1) is 16.4.